The number of nitrogens with zero attached hydrogens (tertiary/aromatic N) is 1. The Labute approximate surface area is 149 Å². The quantitative estimate of drug-likeness (QED) is 0.313. The zero-order chi connectivity index (χ0) is 18.3. The molecule has 0 spiro atoms. The van der Waals surface area contributed by atoms with Gasteiger partial charge in [0.15, 0.2) is 0 Å². The highest BCUT2D eigenvalue weighted by Gasteiger charge is 2.41. The summed E-state index contributed by atoms with van der Waals surface area (Å²) >= 11 is 0. The number of hydroxylamine groups is 2. The Kier molecular flexibility index (Phi) is 15.2. The number of rotatable bonds is 17. The zero-order valence-electron chi connectivity index (χ0n) is 16.2. The van der Waals surface area contributed by atoms with E-state index in [1.54, 1.807) is 5.23 Å². The van der Waals surface area contributed by atoms with Crippen molar-refractivity contribution in [3.8, 4) is 0 Å². The van der Waals surface area contributed by atoms with Gasteiger partial charge in [-0.15, -0.1) is 0 Å². The number of nitrogens with two attached hydrogens (primary N) is 1. The average Bonchev–Trinajstić information content (AvgIpc) is 2.54. The van der Waals surface area contributed by atoms with Crippen molar-refractivity contribution in [3.05, 3.63) is 0 Å². The summed E-state index contributed by atoms with van der Waals surface area (Å²) in [5.41, 5.74) is 5.65. The third-order valence-electron chi connectivity index (χ3n) is 3.29. The molecule has 7 nitrogen and oxygen atoms in total. The van der Waals surface area contributed by atoms with E-state index in [0.29, 0.717) is 39.5 Å². The van der Waals surface area contributed by atoms with Gasteiger partial charge in [-0.1, -0.05) is 5.23 Å². The summed E-state index contributed by atoms with van der Waals surface area (Å²) in [5.74, 6) is 0. The van der Waals surface area contributed by atoms with Crippen LogP contribution in [0.4, 0.5) is 0 Å². The van der Waals surface area contributed by atoms with E-state index in [9.17, 15) is 0 Å². The Morgan fingerprint density at radius 2 is 1.50 bits per heavy atom. The highest BCUT2D eigenvalue weighted by molar-refractivity contribution is 6.60. The lowest BCUT2D eigenvalue weighted by atomic mass is 10.2. The molecular formula is C16H38N2O5Si. The first-order chi connectivity index (χ1) is 11.6. The molecule has 0 aliphatic rings. The first-order valence-corrected chi connectivity index (χ1v) is 11.2. The molecule has 0 aromatic carbocycles. The van der Waals surface area contributed by atoms with Gasteiger partial charge in [0.25, 0.3) is 0 Å². The summed E-state index contributed by atoms with van der Waals surface area (Å²) in [4.78, 5) is 10.8. The SMILES string of the molecule is CCON(CCCC(C)O[Si](CCCN)(OCC)OCC)OCC. The number of hydrogen-bond acceptors (Lipinski definition) is 7. The molecule has 8 heteroatoms. The third kappa shape index (κ3) is 10.7. The third-order valence-corrected chi connectivity index (χ3v) is 6.48. The Balaban J connectivity index is 4.44. The van der Waals surface area contributed by atoms with E-state index >= 15 is 0 Å². The molecule has 2 N–H and O–H groups in total. The van der Waals surface area contributed by atoms with Crippen LogP contribution in [0, 0.1) is 0 Å². The van der Waals surface area contributed by atoms with Crippen LogP contribution >= 0.6 is 0 Å². The molecule has 0 saturated carbocycles. The summed E-state index contributed by atoms with van der Waals surface area (Å²) in [6, 6.07) is 0.763. The minimum Gasteiger partial charge on any atom is -0.374 e. The Bertz CT molecular complexity index is 275. The summed E-state index contributed by atoms with van der Waals surface area (Å²) in [5, 5.41) is 1.55. The van der Waals surface area contributed by atoms with Gasteiger partial charge >= 0.3 is 8.80 Å². The summed E-state index contributed by atoms with van der Waals surface area (Å²) in [7, 11) is -2.64. The smallest absolute Gasteiger partial charge is 0.374 e. The van der Waals surface area contributed by atoms with Crippen molar-refractivity contribution in [1.82, 2.24) is 5.23 Å². The van der Waals surface area contributed by atoms with Crippen molar-refractivity contribution in [3.63, 3.8) is 0 Å². The second-order valence-electron chi connectivity index (χ2n) is 5.40. The van der Waals surface area contributed by atoms with Gasteiger partial charge in [-0.05, 0) is 60.4 Å². The molecule has 0 aliphatic heterocycles. The van der Waals surface area contributed by atoms with Crippen molar-refractivity contribution in [2.45, 2.75) is 66.0 Å². The van der Waals surface area contributed by atoms with Gasteiger partial charge in [0.05, 0.1) is 19.8 Å². The molecule has 0 aromatic rings. The van der Waals surface area contributed by atoms with Crippen LogP contribution in [0.3, 0.4) is 0 Å². The molecule has 146 valence electrons. The standard InChI is InChI=1S/C16H38N2O5Si/c1-6-19-18(20-7-2)14-10-12-16(5)23-24(21-8-3,22-9-4)15-11-13-17/h16H,6-15,17H2,1-5H3. The van der Waals surface area contributed by atoms with E-state index in [-0.39, 0.29) is 6.10 Å². The fraction of sp³-hybridized carbons (Fsp3) is 1.00. The highest BCUT2D eigenvalue weighted by atomic mass is 28.4. The van der Waals surface area contributed by atoms with Crippen LogP contribution in [0.2, 0.25) is 6.04 Å². The lowest BCUT2D eigenvalue weighted by Gasteiger charge is -2.32. The maximum absolute atomic E-state index is 6.26. The van der Waals surface area contributed by atoms with Crippen LogP contribution in [0.25, 0.3) is 0 Å². The van der Waals surface area contributed by atoms with E-state index in [2.05, 4.69) is 6.92 Å². The van der Waals surface area contributed by atoms with Crippen molar-refractivity contribution < 1.29 is 23.0 Å². The van der Waals surface area contributed by atoms with Crippen LogP contribution in [-0.2, 0) is 23.0 Å². The molecule has 0 aromatic heterocycles. The molecule has 0 saturated heterocycles. The second kappa shape index (κ2) is 15.2. The van der Waals surface area contributed by atoms with Crippen molar-refractivity contribution in [2.24, 2.45) is 5.73 Å². The van der Waals surface area contributed by atoms with E-state index < -0.39 is 8.80 Å². The van der Waals surface area contributed by atoms with Gasteiger partial charge in [-0.3, -0.25) is 9.68 Å². The van der Waals surface area contributed by atoms with Crippen LogP contribution in [0.1, 0.15) is 53.9 Å². The molecule has 0 aliphatic carbocycles. The summed E-state index contributed by atoms with van der Waals surface area (Å²) in [6.45, 7) is 13.6. The zero-order valence-corrected chi connectivity index (χ0v) is 17.2. The highest BCUT2D eigenvalue weighted by Crippen LogP contribution is 2.21. The van der Waals surface area contributed by atoms with Gasteiger partial charge in [0, 0.05) is 25.4 Å². The Morgan fingerprint density at radius 1 is 0.917 bits per heavy atom. The maximum Gasteiger partial charge on any atom is 0.501 e. The van der Waals surface area contributed by atoms with Crippen LogP contribution < -0.4 is 5.73 Å². The first kappa shape index (κ1) is 23.9. The molecular weight excluding hydrogens is 328 g/mol. The molecule has 0 heterocycles. The van der Waals surface area contributed by atoms with E-state index in [1.165, 1.54) is 0 Å². The fourth-order valence-corrected chi connectivity index (χ4v) is 5.27. The molecule has 24 heavy (non-hydrogen) atoms. The van der Waals surface area contributed by atoms with E-state index in [1.807, 2.05) is 27.7 Å². The number of hydrogen-bond donors (Lipinski definition) is 1. The molecule has 0 fully saturated rings. The molecule has 0 rings (SSSR count). The molecule has 0 amide bonds. The van der Waals surface area contributed by atoms with E-state index in [0.717, 1.165) is 25.3 Å². The predicted molar refractivity (Wildman–Crippen MR) is 97.2 cm³/mol. The average molecular weight is 367 g/mol. The monoisotopic (exact) mass is 366 g/mol. The topological polar surface area (TPSA) is 75.4 Å². The first-order valence-electron chi connectivity index (χ1n) is 9.26. The van der Waals surface area contributed by atoms with Gasteiger partial charge in [0.2, 0.25) is 0 Å². The molecule has 0 radical (unpaired) electrons. The van der Waals surface area contributed by atoms with Crippen molar-refractivity contribution in [1.29, 1.82) is 0 Å². The largest absolute Gasteiger partial charge is 0.501 e. The molecule has 0 bridgehead atoms. The van der Waals surface area contributed by atoms with Crippen LogP contribution in [0.15, 0.2) is 0 Å². The summed E-state index contributed by atoms with van der Waals surface area (Å²) < 4.78 is 18.1. The van der Waals surface area contributed by atoms with E-state index in [4.69, 9.17) is 28.7 Å². The van der Waals surface area contributed by atoms with Gasteiger partial charge < -0.3 is 19.0 Å². The second-order valence-corrected chi connectivity index (χ2v) is 8.08. The fourth-order valence-electron chi connectivity index (χ4n) is 2.40. The van der Waals surface area contributed by atoms with Gasteiger partial charge in [0.1, 0.15) is 0 Å². The predicted octanol–water partition coefficient (Wildman–Crippen LogP) is 2.74. The summed E-state index contributed by atoms with van der Waals surface area (Å²) in [6.07, 6.45) is 2.69. The lowest BCUT2D eigenvalue weighted by Crippen LogP contribution is -2.48. The lowest BCUT2D eigenvalue weighted by molar-refractivity contribution is -0.365. The maximum atomic E-state index is 6.26. The normalized spacial score (nSPS) is 13.6. The van der Waals surface area contributed by atoms with Gasteiger partial charge in [-0.25, -0.2) is 0 Å². The van der Waals surface area contributed by atoms with Crippen molar-refractivity contribution >= 4 is 8.80 Å². The van der Waals surface area contributed by atoms with Crippen LogP contribution in [0.5, 0.6) is 0 Å². The Hall–Kier alpha value is -0.0631. The Morgan fingerprint density at radius 3 is 1.96 bits per heavy atom. The van der Waals surface area contributed by atoms with Crippen LogP contribution in [-0.4, -0.2) is 59.7 Å². The minimum absolute atomic E-state index is 0.0534. The minimum atomic E-state index is -2.64. The van der Waals surface area contributed by atoms with Crippen molar-refractivity contribution in [2.75, 3.05) is 39.5 Å². The molecule has 1 atom stereocenters. The molecule has 1 unspecified atom stereocenters. The van der Waals surface area contributed by atoms with Gasteiger partial charge in [-0.2, -0.15) is 0 Å².